The Morgan fingerprint density at radius 2 is 1.68 bits per heavy atom. The summed E-state index contributed by atoms with van der Waals surface area (Å²) in [6.07, 6.45) is 0.814. The molecule has 1 N–H and O–H groups in total. The number of nitrogens with one attached hydrogen (secondary N) is 1. The number of aromatic amines is 1. The lowest BCUT2D eigenvalue weighted by molar-refractivity contribution is 0.578. The summed E-state index contributed by atoms with van der Waals surface area (Å²) < 4.78 is 5.08. The van der Waals surface area contributed by atoms with Crippen molar-refractivity contribution in [1.29, 1.82) is 0 Å². The van der Waals surface area contributed by atoms with Gasteiger partial charge in [0.05, 0.1) is 0 Å². The average Bonchev–Trinajstić information content (AvgIpc) is 2.72. The maximum Gasteiger partial charge on any atom is 0.332 e. The maximum atomic E-state index is 12.4. The Morgan fingerprint density at radius 1 is 1.05 bits per heavy atom. The largest absolute Gasteiger partial charge is 0.332 e. The summed E-state index contributed by atoms with van der Waals surface area (Å²) in [6, 6.07) is 0. The molecule has 0 aliphatic heterocycles. The molecule has 0 atom stereocenters. The van der Waals surface area contributed by atoms with Crippen molar-refractivity contribution in [2.45, 2.75) is 46.8 Å². The van der Waals surface area contributed by atoms with Crippen molar-refractivity contribution in [1.82, 2.24) is 18.7 Å². The van der Waals surface area contributed by atoms with Gasteiger partial charge in [-0.15, -0.1) is 0 Å². The van der Waals surface area contributed by atoms with Crippen molar-refractivity contribution in [3.05, 3.63) is 25.6 Å². The van der Waals surface area contributed by atoms with E-state index >= 15 is 0 Å². The normalized spacial score (nSPS) is 11.3. The van der Waals surface area contributed by atoms with Crippen LogP contribution < -0.4 is 11.2 Å². The molecule has 0 saturated heterocycles. The average molecular weight is 282 g/mol. The number of nitrogens with zero attached hydrogens (tertiary/aromatic N) is 3. The second-order valence-electron chi connectivity index (χ2n) is 4.36. The van der Waals surface area contributed by atoms with Crippen molar-refractivity contribution in [2.24, 2.45) is 0 Å². The molecule has 0 aliphatic carbocycles. The predicted molar refractivity (Wildman–Crippen MR) is 77.3 cm³/mol. The molecule has 0 aromatic carbocycles. The number of imidazole rings is 1. The van der Waals surface area contributed by atoms with Gasteiger partial charge in [-0.25, -0.2) is 4.79 Å². The second kappa shape index (κ2) is 5.16. The van der Waals surface area contributed by atoms with E-state index in [-0.39, 0.29) is 11.2 Å². The molecule has 0 bridgehead atoms. The van der Waals surface area contributed by atoms with Crippen molar-refractivity contribution in [3.63, 3.8) is 0 Å². The van der Waals surface area contributed by atoms with Crippen LogP contribution in [0.2, 0.25) is 0 Å². The van der Waals surface area contributed by atoms with Crippen LogP contribution in [0, 0.1) is 4.77 Å². The van der Waals surface area contributed by atoms with Crippen LogP contribution in [-0.2, 0) is 19.6 Å². The van der Waals surface area contributed by atoms with Crippen LogP contribution in [0.1, 0.15) is 27.2 Å². The molecule has 0 fully saturated rings. The van der Waals surface area contributed by atoms with Gasteiger partial charge in [0.15, 0.2) is 10.3 Å². The Morgan fingerprint density at radius 3 is 2.21 bits per heavy atom. The molecule has 0 unspecified atom stereocenters. The van der Waals surface area contributed by atoms with E-state index in [1.807, 2.05) is 13.8 Å². The SMILES string of the molecule is CCCn1c(=O)n(CC)c(=O)c2c1[nH]c(=S)n2CC. The van der Waals surface area contributed by atoms with Crippen LogP contribution in [0.25, 0.3) is 11.2 Å². The Kier molecular flexibility index (Phi) is 3.75. The maximum absolute atomic E-state index is 12.4. The number of H-pyrrole nitrogens is 1. The number of hydrogen-bond donors (Lipinski definition) is 1. The smallest absolute Gasteiger partial charge is 0.316 e. The number of hydrogen-bond acceptors (Lipinski definition) is 3. The summed E-state index contributed by atoms with van der Waals surface area (Å²) in [4.78, 5) is 27.7. The first kappa shape index (κ1) is 13.8. The van der Waals surface area contributed by atoms with E-state index in [1.165, 1.54) is 4.57 Å². The fraction of sp³-hybridized carbons (Fsp3) is 0.583. The Balaban J connectivity index is 3.06. The molecule has 2 heterocycles. The van der Waals surface area contributed by atoms with Gasteiger partial charge in [0.1, 0.15) is 5.65 Å². The zero-order valence-electron chi connectivity index (χ0n) is 11.4. The Hall–Kier alpha value is -1.63. The standard InChI is InChI=1S/C12H18N4O2S/c1-4-7-16-9-8(14(5-2)11(19)13-9)10(17)15(6-3)12(16)18/h4-7H2,1-3H3,(H,13,19). The van der Waals surface area contributed by atoms with Crippen LogP contribution >= 0.6 is 12.2 Å². The van der Waals surface area contributed by atoms with E-state index in [0.717, 1.165) is 6.42 Å². The molecule has 2 aromatic heterocycles. The third-order valence-corrected chi connectivity index (χ3v) is 3.55. The monoisotopic (exact) mass is 282 g/mol. The zero-order chi connectivity index (χ0) is 14.2. The first-order valence-corrected chi connectivity index (χ1v) is 6.93. The minimum Gasteiger partial charge on any atom is -0.316 e. The van der Waals surface area contributed by atoms with Gasteiger partial charge >= 0.3 is 5.69 Å². The molecule has 2 rings (SSSR count). The summed E-state index contributed by atoms with van der Waals surface area (Å²) in [5, 5.41) is 0. The lowest BCUT2D eigenvalue weighted by Crippen LogP contribution is -2.40. The first-order valence-electron chi connectivity index (χ1n) is 6.52. The van der Waals surface area contributed by atoms with Gasteiger partial charge in [0.25, 0.3) is 5.56 Å². The third kappa shape index (κ3) is 1.98. The second-order valence-corrected chi connectivity index (χ2v) is 4.74. The molecule has 6 nitrogen and oxygen atoms in total. The van der Waals surface area contributed by atoms with Gasteiger partial charge in [0, 0.05) is 19.6 Å². The molecule has 104 valence electrons. The Bertz CT molecular complexity index is 778. The summed E-state index contributed by atoms with van der Waals surface area (Å²) in [5.74, 6) is 0. The lowest BCUT2D eigenvalue weighted by Gasteiger charge is -2.10. The summed E-state index contributed by atoms with van der Waals surface area (Å²) in [6.45, 7) is 7.23. The van der Waals surface area contributed by atoms with Crippen LogP contribution in [0.4, 0.5) is 0 Å². The zero-order valence-corrected chi connectivity index (χ0v) is 12.2. The van der Waals surface area contributed by atoms with E-state index in [2.05, 4.69) is 4.98 Å². The minimum atomic E-state index is -0.277. The van der Waals surface area contributed by atoms with E-state index in [0.29, 0.717) is 35.6 Å². The van der Waals surface area contributed by atoms with Gasteiger partial charge in [-0.1, -0.05) is 6.92 Å². The van der Waals surface area contributed by atoms with Gasteiger partial charge in [0.2, 0.25) is 0 Å². The van der Waals surface area contributed by atoms with Gasteiger partial charge in [-0.05, 0) is 32.5 Å². The van der Waals surface area contributed by atoms with Gasteiger partial charge in [-0.3, -0.25) is 13.9 Å². The van der Waals surface area contributed by atoms with Crippen molar-refractivity contribution in [3.8, 4) is 0 Å². The molecular formula is C12H18N4O2S. The topological polar surface area (TPSA) is 64.7 Å². The molecule has 0 amide bonds. The molecule has 2 aromatic rings. The Labute approximate surface area is 115 Å². The van der Waals surface area contributed by atoms with E-state index in [4.69, 9.17) is 12.2 Å². The third-order valence-electron chi connectivity index (χ3n) is 3.22. The predicted octanol–water partition coefficient (Wildman–Crippen LogP) is 1.47. The molecular weight excluding hydrogens is 264 g/mol. The van der Waals surface area contributed by atoms with Gasteiger partial charge < -0.3 is 9.55 Å². The fourth-order valence-corrected chi connectivity index (χ4v) is 2.65. The minimum absolute atomic E-state index is 0.274. The van der Waals surface area contributed by atoms with Crippen molar-refractivity contribution >= 4 is 23.4 Å². The van der Waals surface area contributed by atoms with E-state index in [9.17, 15) is 9.59 Å². The highest BCUT2D eigenvalue weighted by Gasteiger charge is 2.16. The van der Waals surface area contributed by atoms with Gasteiger partial charge in [-0.2, -0.15) is 0 Å². The molecule has 0 spiro atoms. The van der Waals surface area contributed by atoms with E-state index < -0.39 is 0 Å². The van der Waals surface area contributed by atoms with Crippen molar-refractivity contribution < 1.29 is 0 Å². The number of fused-ring (bicyclic) bond motifs is 1. The van der Waals surface area contributed by atoms with Crippen LogP contribution in [-0.4, -0.2) is 18.7 Å². The van der Waals surface area contributed by atoms with Crippen LogP contribution in [0.15, 0.2) is 9.59 Å². The van der Waals surface area contributed by atoms with E-state index in [1.54, 1.807) is 16.1 Å². The highest BCUT2D eigenvalue weighted by atomic mass is 32.1. The number of aromatic nitrogens is 4. The van der Waals surface area contributed by atoms with Crippen LogP contribution in [0.3, 0.4) is 0 Å². The number of rotatable bonds is 4. The molecule has 0 aliphatic rings. The summed E-state index contributed by atoms with van der Waals surface area (Å²) in [7, 11) is 0. The number of aryl methyl sites for hydroxylation is 2. The summed E-state index contributed by atoms with van der Waals surface area (Å²) in [5.41, 5.74) is 0.473. The fourth-order valence-electron chi connectivity index (χ4n) is 2.34. The highest BCUT2D eigenvalue weighted by Crippen LogP contribution is 2.09. The lowest BCUT2D eigenvalue weighted by atomic mass is 10.4. The summed E-state index contributed by atoms with van der Waals surface area (Å²) >= 11 is 5.22. The van der Waals surface area contributed by atoms with Crippen LogP contribution in [0.5, 0.6) is 0 Å². The van der Waals surface area contributed by atoms with Crippen molar-refractivity contribution in [2.75, 3.05) is 0 Å². The quantitative estimate of drug-likeness (QED) is 0.864. The molecule has 19 heavy (non-hydrogen) atoms. The highest BCUT2D eigenvalue weighted by molar-refractivity contribution is 7.71. The molecule has 7 heteroatoms. The molecule has 0 radical (unpaired) electrons. The molecule has 0 saturated carbocycles. The first-order chi connectivity index (χ1) is 9.06.